The molecule has 11 heteroatoms. The number of aliphatic imine (C=N–C) groups is 1. The Balaban J connectivity index is 1.43. The number of isocyanates is 1. The normalized spacial score (nSPS) is 10.8. The maximum Gasteiger partial charge on any atom is 0.330 e. The van der Waals surface area contributed by atoms with Crippen LogP contribution in [0.1, 0.15) is 0 Å². The summed E-state index contributed by atoms with van der Waals surface area (Å²) >= 11 is 1.51. The SMILES string of the molecule is Cn1cnc(-c2cccc(N(C(=O)Nc3ccccc3)c3ccc(N=C=O)cc3)c2)c1-c1cc2c(N)ncnc2s1. The Labute approximate surface area is 238 Å². The Morgan fingerprint density at radius 1 is 0.976 bits per heavy atom. The van der Waals surface area contributed by atoms with Crippen LogP contribution in [0, 0.1) is 0 Å². The van der Waals surface area contributed by atoms with Gasteiger partial charge in [0.15, 0.2) is 0 Å². The number of carbonyl (C=O) groups excluding carboxylic acids is 2. The number of hydrogen-bond donors (Lipinski definition) is 2. The monoisotopic (exact) mass is 558 g/mol. The summed E-state index contributed by atoms with van der Waals surface area (Å²) < 4.78 is 1.95. The van der Waals surface area contributed by atoms with E-state index in [-0.39, 0.29) is 6.03 Å². The molecule has 0 fully saturated rings. The zero-order valence-corrected chi connectivity index (χ0v) is 22.5. The van der Waals surface area contributed by atoms with E-state index in [4.69, 9.17) is 10.7 Å². The Bertz CT molecular complexity index is 1930. The van der Waals surface area contributed by atoms with Crippen LogP contribution in [0.25, 0.3) is 32.0 Å². The molecule has 0 bridgehead atoms. The average Bonchev–Trinajstić information content (AvgIpc) is 3.59. The molecule has 0 aliphatic carbocycles. The van der Waals surface area contributed by atoms with E-state index in [1.165, 1.54) is 23.7 Å². The third-order valence-corrected chi connectivity index (χ3v) is 7.47. The van der Waals surface area contributed by atoms with E-state index < -0.39 is 0 Å². The minimum Gasteiger partial charge on any atom is -0.383 e. The van der Waals surface area contributed by atoms with Crippen LogP contribution >= 0.6 is 11.3 Å². The highest BCUT2D eigenvalue weighted by molar-refractivity contribution is 7.21. The van der Waals surface area contributed by atoms with E-state index >= 15 is 0 Å². The predicted octanol–water partition coefficient (Wildman–Crippen LogP) is 6.68. The summed E-state index contributed by atoms with van der Waals surface area (Å²) in [7, 11) is 1.93. The predicted molar refractivity (Wildman–Crippen MR) is 161 cm³/mol. The quantitative estimate of drug-likeness (QED) is 0.173. The van der Waals surface area contributed by atoms with Gasteiger partial charge in [0.1, 0.15) is 17.0 Å². The highest BCUT2D eigenvalue weighted by Crippen LogP contribution is 2.40. The van der Waals surface area contributed by atoms with Crippen molar-refractivity contribution in [1.29, 1.82) is 0 Å². The molecule has 0 aliphatic heterocycles. The number of anilines is 4. The van der Waals surface area contributed by atoms with Gasteiger partial charge in [-0.2, -0.15) is 4.99 Å². The third-order valence-electron chi connectivity index (χ3n) is 6.42. The zero-order valence-electron chi connectivity index (χ0n) is 21.7. The van der Waals surface area contributed by atoms with Crippen LogP contribution < -0.4 is 16.0 Å². The van der Waals surface area contributed by atoms with Crippen molar-refractivity contribution in [2.45, 2.75) is 0 Å². The minimum absolute atomic E-state index is 0.361. The van der Waals surface area contributed by atoms with E-state index in [2.05, 4.69) is 20.3 Å². The third kappa shape index (κ3) is 5.06. The van der Waals surface area contributed by atoms with Crippen LogP contribution in [-0.2, 0) is 11.8 Å². The fourth-order valence-electron chi connectivity index (χ4n) is 4.53. The largest absolute Gasteiger partial charge is 0.383 e. The maximum atomic E-state index is 13.7. The summed E-state index contributed by atoms with van der Waals surface area (Å²) in [6.07, 6.45) is 4.75. The molecule has 0 radical (unpaired) electrons. The second kappa shape index (κ2) is 10.9. The molecular formula is C30H22N8O2S. The number of nitrogen functional groups attached to an aromatic ring is 1. The first-order valence-corrected chi connectivity index (χ1v) is 13.3. The van der Waals surface area contributed by atoms with E-state index in [1.807, 2.05) is 72.3 Å². The smallest absolute Gasteiger partial charge is 0.330 e. The summed E-state index contributed by atoms with van der Waals surface area (Å²) in [6.45, 7) is 0. The number of imidazole rings is 1. The molecule has 200 valence electrons. The molecular weight excluding hydrogens is 536 g/mol. The molecule has 6 rings (SSSR count). The van der Waals surface area contributed by atoms with E-state index in [0.29, 0.717) is 28.6 Å². The standard InChI is InChI=1S/C30H22N8O2S/c1-37-17-34-26(27(37)25-15-24-28(31)32-16-33-29(24)41-25)19-6-5-9-23(14-19)38(22-12-10-20(11-13-22)35-18-39)30(40)36-21-7-3-2-4-8-21/h2-17H,1H3,(H,36,40)(H2,31,32,33). The van der Waals surface area contributed by atoms with Gasteiger partial charge in [0.2, 0.25) is 6.08 Å². The number of hydrogen-bond acceptors (Lipinski definition) is 8. The number of nitrogens with one attached hydrogen (secondary N) is 1. The number of carbonyl (C=O) groups is 1. The fourth-order valence-corrected chi connectivity index (χ4v) is 5.62. The molecule has 2 amide bonds. The van der Waals surface area contributed by atoms with Crippen LogP contribution in [-0.4, -0.2) is 31.6 Å². The summed E-state index contributed by atoms with van der Waals surface area (Å²) in [5.41, 5.74) is 10.8. The van der Waals surface area contributed by atoms with E-state index in [1.54, 1.807) is 35.5 Å². The molecule has 41 heavy (non-hydrogen) atoms. The summed E-state index contributed by atoms with van der Waals surface area (Å²) in [6, 6.07) is 25.2. The van der Waals surface area contributed by atoms with Gasteiger partial charge in [0, 0.05) is 18.3 Å². The van der Waals surface area contributed by atoms with Crippen molar-refractivity contribution >= 4 is 62.2 Å². The van der Waals surface area contributed by atoms with Gasteiger partial charge < -0.3 is 15.6 Å². The second-order valence-electron chi connectivity index (χ2n) is 9.04. The van der Waals surface area contributed by atoms with Gasteiger partial charge >= 0.3 is 6.03 Å². The lowest BCUT2D eigenvalue weighted by molar-refractivity contribution is 0.259. The van der Waals surface area contributed by atoms with Gasteiger partial charge in [-0.15, -0.1) is 11.3 Å². The molecule has 10 nitrogen and oxygen atoms in total. The number of rotatable bonds is 6. The number of aromatic nitrogens is 4. The zero-order chi connectivity index (χ0) is 28.3. The van der Waals surface area contributed by atoms with Gasteiger partial charge in [-0.1, -0.05) is 30.3 Å². The van der Waals surface area contributed by atoms with Crippen molar-refractivity contribution in [3.05, 3.63) is 97.6 Å². The van der Waals surface area contributed by atoms with Gasteiger partial charge in [0.25, 0.3) is 0 Å². The number of nitrogens with zero attached hydrogens (tertiary/aromatic N) is 6. The molecule has 0 unspecified atom stereocenters. The molecule has 3 aromatic carbocycles. The molecule has 0 atom stereocenters. The van der Waals surface area contributed by atoms with Crippen molar-refractivity contribution in [3.8, 4) is 21.8 Å². The average molecular weight is 559 g/mol. The van der Waals surface area contributed by atoms with Crippen LogP contribution in [0.3, 0.4) is 0 Å². The van der Waals surface area contributed by atoms with Crippen LogP contribution in [0.4, 0.5) is 33.4 Å². The van der Waals surface area contributed by atoms with Crippen molar-refractivity contribution in [1.82, 2.24) is 19.5 Å². The number of aryl methyl sites for hydroxylation is 1. The lowest BCUT2D eigenvalue weighted by atomic mass is 10.1. The topological polar surface area (TPSA) is 131 Å². The summed E-state index contributed by atoms with van der Waals surface area (Å²) in [5, 5.41) is 3.75. The molecule has 3 heterocycles. The number of benzene rings is 3. The Hall–Kier alpha value is -5.64. The molecule has 3 aromatic heterocycles. The minimum atomic E-state index is -0.361. The van der Waals surface area contributed by atoms with Crippen molar-refractivity contribution in [3.63, 3.8) is 0 Å². The van der Waals surface area contributed by atoms with Gasteiger partial charge in [-0.3, -0.25) is 4.90 Å². The number of fused-ring (bicyclic) bond motifs is 1. The van der Waals surface area contributed by atoms with E-state index in [9.17, 15) is 9.59 Å². The summed E-state index contributed by atoms with van der Waals surface area (Å²) in [4.78, 5) is 44.5. The van der Waals surface area contributed by atoms with E-state index in [0.717, 1.165) is 32.0 Å². The molecule has 3 N–H and O–H groups in total. The lowest BCUT2D eigenvalue weighted by Crippen LogP contribution is -2.30. The first kappa shape index (κ1) is 25.6. The van der Waals surface area contributed by atoms with Crippen LogP contribution in [0.5, 0.6) is 0 Å². The molecule has 0 saturated carbocycles. The van der Waals surface area contributed by atoms with Crippen LogP contribution in [0.2, 0.25) is 0 Å². The second-order valence-corrected chi connectivity index (χ2v) is 10.1. The van der Waals surface area contributed by atoms with Crippen molar-refractivity contribution < 1.29 is 9.59 Å². The van der Waals surface area contributed by atoms with Gasteiger partial charge in [-0.05, 0) is 54.6 Å². The highest BCUT2D eigenvalue weighted by atomic mass is 32.1. The number of nitrogens with two attached hydrogens (primary N) is 1. The molecule has 0 saturated heterocycles. The number of thiophene rings is 1. The highest BCUT2D eigenvalue weighted by Gasteiger charge is 2.22. The first-order chi connectivity index (χ1) is 20.0. The molecule has 0 spiro atoms. The number of amides is 2. The number of urea groups is 1. The Morgan fingerprint density at radius 3 is 2.54 bits per heavy atom. The fraction of sp³-hybridized carbons (Fsp3) is 0.0333. The first-order valence-electron chi connectivity index (χ1n) is 12.5. The van der Waals surface area contributed by atoms with Crippen LogP contribution in [0.15, 0.2) is 103 Å². The molecule has 6 aromatic rings. The molecule has 0 aliphatic rings. The van der Waals surface area contributed by atoms with Gasteiger partial charge in [-0.25, -0.2) is 24.5 Å². The van der Waals surface area contributed by atoms with Crippen molar-refractivity contribution in [2.24, 2.45) is 12.0 Å². The van der Waals surface area contributed by atoms with Gasteiger partial charge in [0.05, 0.1) is 45.0 Å². The summed E-state index contributed by atoms with van der Waals surface area (Å²) in [5.74, 6) is 0.424. The maximum absolute atomic E-state index is 13.7. The Kier molecular flexibility index (Phi) is 6.78. The number of para-hydroxylation sites is 1. The Morgan fingerprint density at radius 2 is 1.78 bits per heavy atom. The lowest BCUT2D eigenvalue weighted by Gasteiger charge is -2.24. The van der Waals surface area contributed by atoms with Crippen molar-refractivity contribution in [2.75, 3.05) is 16.0 Å².